The van der Waals surface area contributed by atoms with E-state index in [1.54, 1.807) is 0 Å². The maximum atomic E-state index is 4.80. The van der Waals surface area contributed by atoms with Crippen LogP contribution in [0.25, 0.3) is 0 Å². The second-order valence-corrected chi connectivity index (χ2v) is 1.03. The second kappa shape index (κ2) is 9.39. The average Bonchev–Trinajstić information content (AvgIpc) is 1.41. The van der Waals surface area contributed by atoms with Gasteiger partial charge in [-0.1, -0.05) is 6.92 Å². The normalized spacial score (nSPS) is 7.00. The molecule has 0 aromatic rings. The molecule has 0 N–H and O–H groups in total. The standard InChI is InChI=1S/C3H7ClO.Mg/c1-2-3-5-4;/h2-3H2,1H3;. The van der Waals surface area contributed by atoms with Crippen molar-refractivity contribution in [3.05, 3.63) is 0 Å². The number of hydrogen-bond acceptors (Lipinski definition) is 1. The summed E-state index contributed by atoms with van der Waals surface area (Å²) in [7, 11) is 0. The molecule has 2 radical (unpaired) electrons. The number of hydrogen-bond donors (Lipinski definition) is 0. The van der Waals surface area contributed by atoms with Gasteiger partial charge in [-0.05, 0) is 6.42 Å². The van der Waals surface area contributed by atoms with Crippen LogP contribution in [-0.4, -0.2) is 29.7 Å². The van der Waals surface area contributed by atoms with Crippen LogP contribution in [0.3, 0.4) is 0 Å². The van der Waals surface area contributed by atoms with Crippen LogP contribution < -0.4 is 0 Å². The van der Waals surface area contributed by atoms with E-state index < -0.39 is 0 Å². The Morgan fingerprint density at radius 2 is 2.17 bits per heavy atom. The van der Waals surface area contributed by atoms with Crippen molar-refractivity contribution in [3.63, 3.8) is 0 Å². The van der Waals surface area contributed by atoms with Gasteiger partial charge in [0.15, 0.2) is 0 Å². The molecule has 0 aliphatic heterocycles. The van der Waals surface area contributed by atoms with Crippen LogP contribution in [0.4, 0.5) is 0 Å². The summed E-state index contributed by atoms with van der Waals surface area (Å²) in [6, 6.07) is 0. The van der Waals surface area contributed by atoms with Crippen molar-refractivity contribution in [1.82, 2.24) is 0 Å². The van der Waals surface area contributed by atoms with Crippen molar-refractivity contribution in [1.29, 1.82) is 0 Å². The Morgan fingerprint density at radius 1 is 1.67 bits per heavy atom. The molecule has 0 saturated heterocycles. The van der Waals surface area contributed by atoms with Gasteiger partial charge < -0.3 is 0 Å². The first-order chi connectivity index (χ1) is 2.41. The molecule has 0 heterocycles. The largest absolute Gasteiger partial charge is 0.279 e. The Morgan fingerprint density at radius 3 is 2.17 bits per heavy atom. The molecule has 0 spiro atoms. The summed E-state index contributed by atoms with van der Waals surface area (Å²) in [5.41, 5.74) is 0. The van der Waals surface area contributed by atoms with Crippen LogP contribution in [-0.2, 0) is 4.29 Å². The van der Waals surface area contributed by atoms with E-state index in [1.807, 2.05) is 6.92 Å². The molecule has 0 fully saturated rings. The van der Waals surface area contributed by atoms with Crippen LogP contribution >= 0.6 is 11.9 Å². The molecule has 1 nitrogen and oxygen atoms in total. The second-order valence-electron chi connectivity index (χ2n) is 0.813. The molecule has 0 bridgehead atoms. The van der Waals surface area contributed by atoms with Gasteiger partial charge in [0.1, 0.15) is 0 Å². The average molecular weight is 119 g/mol. The van der Waals surface area contributed by atoms with Crippen LogP contribution in [0.1, 0.15) is 13.3 Å². The van der Waals surface area contributed by atoms with Gasteiger partial charge in [-0.15, -0.1) is 0 Å². The van der Waals surface area contributed by atoms with Gasteiger partial charge in [0.05, 0.1) is 18.5 Å². The molecule has 0 aromatic carbocycles. The Kier molecular flexibility index (Phi) is 15.8. The first kappa shape index (κ1) is 10.1. The highest BCUT2D eigenvalue weighted by Crippen LogP contribution is 1.80. The lowest BCUT2D eigenvalue weighted by molar-refractivity contribution is 0.351. The smallest absolute Gasteiger partial charge is 0.0679 e. The highest BCUT2D eigenvalue weighted by Gasteiger charge is 1.69. The van der Waals surface area contributed by atoms with Crippen molar-refractivity contribution in [2.45, 2.75) is 13.3 Å². The molecular weight excluding hydrogens is 112 g/mol. The maximum absolute atomic E-state index is 4.80. The lowest BCUT2D eigenvalue weighted by Crippen LogP contribution is -1.74. The first-order valence-electron chi connectivity index (χ1n) is 1.65. The van der Waals surface area contributed by atoms with Gasteiger partial charge in [0.25, 0.3) is 0 Å². The van der Waals surface area contributed by atoms with Crippen molar-refractivity contribution in [2.24, 2.45) is 0 Å². The quantitative estimate of drug-likeness (QED) is 0.496. The molecular formula is C3H7ClMgO. The highest BCUT2D eigenvalue weighted by atomic mass is 35.5. The Balaban J connectivity index is 0. The summed E-state index contributed by atoms with van der Waals surface area (Å²) in [4.78, 5) is 0. The van der Waals surface area contributed by atoms with E-state index >= 15 is 0 Å². The molecule has 0 saturated carbocycles. The van der Waals surface area contributed by atoms with Gasteiger partial charge in [-0.2, -0.15) is 0 Å². The van der Waals surface area contributed by atoms with Gasteiger partial charge in [-0.25, -0.2) is 0 Å². The van der Waals surface area contributed by atoms with Crippen molar-refractivity contribution in [2.75, 3.05) is 6.61 Å². The fourth-order valence-corrected chi connectivity index (χ4v) is 0.231. The third-order valence-corrected chi connectivity index (χ3v) is 0.436. The molecule has 0 unspecified atom stereocenters. The maximum Gasteiger partial charge on any atom is 0.0679 e. The minimum absolute atomic E-state index is 0. The van der Waals surface area contributed by atoms with E-state index in [0.717, 1.165) is 6.42 Å². The van der Waals surface area contributed by atoms with Gasteiger partial charge in [0, 0.05) is 23.1 Å². The van der Waals surface area contributed by atoms with Gasteiger partial charge in [0.2, 0.25) is 0 Å². The fourth-order valence-electron chi connectivity index (χ4n) is 0.0772. The van der Waals surface area contributed by atoms with Crippen LogP contribution in [0, 0.1) is 0 Å². The van der Waals surface area contributed by atoms with Crippen LogP contribution in [0.15, 0.2) is 0 Å². The number of rotatable bonds is 2. The third kappa shape index (κ3) is 8.89. The zero-order valence-corrected chi connectivity index (χ0v) is 6.08. The van der Waals surface area contributed by atoms with E-state index in [2.05, 4.69) is 4.29 Å². The van der Waals surface area contributed by atoms with E-state index in [9.17, 15) is 0 Å². The molecule has 0 amide bonds. The zero-order chi connectivity index (χ0) is 4.12. The SMILES string of the molecule is CCCOCl.[Mg]. The van der Waals surface area contributed by atoms with Gasteiger partial charge >= 0.3 is 0 Å². The molecule has 0 aliphatic carbocycles. The summed E-state index contributed by atoms with van der Waals surface area (Å²) < 4.78 is 4.16. The van der Waals surface area contributed by atoms with Crippen LogP contribution in [0.5, 0.6) is 0 Å². The topological polar surface area (TPSA) is 9.23 Å². The Hall–Kier alpha value is 1.02. The summed E-state index contributed by atoms with van der Waals surface area (Å²) in [6.07, 6.45) is 0.990. The van der Waals surface area contributed by atoms with Gasteiger partial charge in [-0.3, -0.25) is 4.29 Å². The predicted octanol–water partition coefficient (Wildman–Crippen LogP) is 1.19. The van der Waals surface area contributed by atoms with E-state index in [-0.39, 0.29) is 23.1 Å². The lowest BCUT2D eigenvalue weighted by Gasteiger charge is -1.80. The zero-order valence-electron chi connectivity index (χ0n) is 3.91. The summed E-state index contributed by atoms with van der Waals surface area (Å²) in [5.74, 6) is 0. The molecule has 0 aromatic heterocycles. The molecule has 6 heavy (non-hydrogen) atoms. The Labute approximate surface area is 59.3 Å². The monoisotopic (exact) mass is 118 g/mol. The van der Waals surface area contributed by atoms with E-state index in [1.165, 1.54) is 0 Å². The molecule has 0 aliphatic rings. The number of halogens is 1. The van der Waals surface area contributed by atoms with E-state index in [4.69, 9.17) is 11.9 Å². The minimum Gasteiger partial charge on any atom is -0.279 e. The third-order valence-electron chi connectivity index (χ3n) is 0.281. The molecule has 34 valence electrons. The van der Waals surface area contributed by atoms with Crippen molar-refractivity contribution < 1.29 is 4.29 Å². The molecule has 0 atom stereocenters. The lowest BCUT2D eigenvalue weighted by atomic mass is 10.5. The minimum atomic E-state index is 0. The van der Waals surface area contributed by atoms with Crippen molar-refractivity contribution in [3.8, 4) is 0 Å². The highest BCUT2D eigenvalue weighted by molar-refractivity contribution is 6.07. The van der Waals surface area contributed by atoms with Crippen molar-refractivity contribution >= 4 is 34.9 Å². The predicted molar refractivity (Wildman–Crippen MR) is 27.8 cm³/mol. The summed E-state index contributed by atoms with van der Waals surface area (Å²) in [5, 5.41) is 0. The van der Waals surface area contributed by atoms with Crippen LogP contribution in [0.2, 0.25) is 0 Å². The first-order valence-corrected chi connectivity index (χ1v) is 1.96. The fraction of sp³-hybridized carbons (Fsp3) is 1.00. The molecule has 3 heteroatoms. The summed E-state index contributed by atoms with van der Waals surface area (Å²) in [6.45, 7) is 2.66. The van der Waals surface area contributed by atoms with E-state index in [0.29, 0.717) is 6.61 Å². The summed E-state index contributed by atoms with van der Waals surface area (Å²) >= 11 is 4.80. The molecule has 0 rings (SSSR count). The Bertz CT molecular complexity index is 18.3.